The number of amides is 2. The Kier molecular flexibility index (Phi) is 3.33. The number of carbonyl (C=O) groups excluding carboxylic acids is 1. The summed E-state index contributed by atoms with van der Waals surface area (Å²) in [6, 6.07) is -0.899. The number of urea groups is 1. The second kappa shape index (κ2) is 4.30. The van der Waals surface area contributed by atoms with E-state index in [1.165, 1.54) is 11.8 Å². The Morgan fingerprint density at radius 1 is 1.79 bits per heavy atom. The molecule has 80 valence electrons. The van der Waals surface area contributed by atoms with Gasteiger partial charge in [-0.2, -0.15) is 0 Å². The zero-order chi connectivity index (χ0) is 10.7. The number of aliphatic carboxylic acids is 1. The van der Waals surface area contributed by atoms with Crippen LogP contribution >= 0.6 is 0 Å². The smallest absolute Gasteiger partial charge is 0.326 e. The zero-order valence-corrected chi connectivity index (χ0v) is 8.49. The Morgan fingerprint density at radius 2 is 2.43 bits per heavy atom. The van der Waals surface area contributed by atoms with Crippen molar-refractivity contribution >= 4 is 12.0 Å². The summed E-state index contributed by atoms with van der Waals surface area (Å²) in [6.07, 6.45) is 1.88. The normalized spacial score (nSPS) is 23.4. The van der Waals surface area contributed by atoms with Gasteiger partial charge in [-0.05, 0) is 13.3 Å². The van der Waals surface area contributed by atoms with Crippen molar-refractivity contribution in [3.05, 3.63) is 0 Å². The Morgan fingerprint density at radius 3 is 2.93 bits per heavy atom. The maximum Gasteiger partial charge on any atom is 0.326 e. The molecule has 5 nitrogen and oxygen atoms in total. The van der Waals surface area contributed by atoms with Crippen molar-refractivity contribution in [2.45, 2.75) is 38.8 Å². The first-order chi connectivity index (χ1) is 6.56. The Bertz CT molecular complexity index is 242. The summed E-state index contributed by atoms with van der Waals surface area (Å²) in [6.45, 7) is 4.06. The average Bonchev–Trinajstić information content (AvgIpc) is 2.46. The largest absolute Gasteiger partial charge is 0.480 e. The van der Waals surface area contributed by atoms with E-state index >= 15 is 0 Å². The Hall–Kier alpha value is -1.26. The van der Waals surface area contributed by atoms with Gasteiger partial charge in [0.2, 0.25) is 0 Å². The minimum atomic E-state index is -0.961. The average molecular weight is 200 g/mol. The quantitative estimate of drug-likeness (QED) is 0.700. The van der Waals surface area contributed by atoms with Crippen LogP contribution in [0.5, 0.6) is 0 Å². The van der Waals surface area contributed by atoms with Crippen molar-refractivity contribution in [1.82, 2.24) is 10.2 Å². The van der Waals surface area contributed by atoms with E-state index in [1.54, 1.807) is 0 Å². The lowest BCUT2D eigenvalue weighted by atomic mass is 10.2. The molecule has 0 aliphatic carbocycles. The number of rotatable bonds is 4. The first-order valence-corrected chi connectivity index (χ1v) is 4.86. The molecule has 1 heterocycles. The fourth-order valence-electron chi connectivity index (χ4n) is 1.60. The minimum absolute atomic E-state index is 0.106. The molecule has 0 aromatic carbocycles. The standard InChI is InChI=1S/C9H16N2O3/c1-3-4-7-5-11(9(14)10-7)6(2)8(12)13/h6-7H,3-5H2,1-2H3,(H,10,14)(H,12,13). The van der Waals surface area contributed by atoms with Crippen molar-refractivity contribution in [3.63, 3.8) is 0 Å². The molecule has 0 spiro atoms. The maximum absolute atomic E-state index is 11.4. The molecule has 2 unspecified atom stereocenters. The SMILES string of the molecule is CCCC1CN(C(C)C(=O)O)C(=O)N1. The van der Waals surface area contributed by atoms with Gasteiger partial charge in [0, 0.05) is 12.6 Å². The molecule has 0 aromatic heterocycles. The van der Waals surface area contributed by atoms with Crippen LogP contribution in [0.4, 0.5) is 4.79 Å². The van der Waals surface area contributed by atoms with E-state index < -0.39 is 12.0 Å². The maximum atomic E-state index is 11.4. The molecule has 1 fully saturated rings. The third-order valence-corrected chi connectivity index (χ3v) is 2.47. The molecule has 0 radical (unpaired) electrons. The van der Waals surface area contributed by atoms with E-state index in [1.807, 2.05) is 6.92 Å². The van der Waals surface area contributed by atoms with Gasteiger partial charge < -0.3 is 15.3 Å². The van der Waals surface area contributed by atoms with Gasteiger partial charge in [-0.3, -0.25) is 0 Å². The van der Waals surface area contributed by atoms with Crippen molar-refractivity contribution in [1.29, 1.82) is 0 Å². The fraction of sp³-hybridized carbons (Fsp3) is 0.778. The van der Waals surface area contributed by atoms with Crippen LogP contribution in [0.1, 0.15) is 26.7 Å². The summed E-state index contributed by atoms with van der Waals surface area (Å²) >= 11 is 0. The van der Waals surface area contributed by atoms with Crippen LogP contribution < -0.4 is 5.32 Å². The van der Waals surface area contributed by atoms with Crippen LogP contribution in [0.15, 0.2) is 0 Å². The highest BCUT2D eigenvalue weighted by atomic mass is 16.4. The summed E-state index contributed by atoms with van der Waals surface area (Å²) in [5.41, 5.74) is 0. The van der Waals surface area contributed by atoms with Crippen molar-refractivity contribution in [2.75, 3.05) is 6.54 Å². The van der Waals surface area contributed by atoms with E-state index in [0.717, 1.165) is 12.8 Å². The van der Waals surface area contributed by atoms with Crippen LogP contribution in [-0.2, 0) is 4.79 Å². The molecule has 14 heavy (non-hydrogen) atoms. The third kappa shape index (κ3) is 2.16. The molecule has 0 aromatic rings. The Balaban J connectivity index is 2.56. The zero-order valence-electron chi connectivity index (χ0n) is 8.49. The predicted molar refractivity (Wildman–Crippen MR) is 51.0 cm³/mol. The van der Waals surface area contributed by atoms with Crippen LogP contribution in [-0.4, -0.2) is 40.6 Å². The molecule has 1 rings (SSSR count). The number of hydrogen-bond donors (Lipinski definition) is 2. The number of nitrogens with zero attached hydrogens (tertiary/aromatic N) is 1. The third-order valence-electron chi connectivity index (χ3n) is 2.47. The molecule has 1 aliphatic heterocycles. The summed E-state index contributed by atoms with van der Waals surface area (Å²) in [7, 11) is 0. The van der Waals surface area contributed by atoms with Crippen molar-refractivity contribution < 1.29 is 14.7 Å². The van der Waals surface area contributed by atoms with Gasteiger partial charge in [0.25, 0.3) is 0 Å². The first kappa shape index (κ1) is 10.8. The molecule has 2 atom stereocenters. The fourth-order valence-corrected chi connectivity index (χ4v) is 1.60. The van der Waals surface area contributed by atoms with Gasteiger partial charge in [-0.25, -0.2) is 9.59 Å². The first-order valence-electron chi connectivity index (χ1n) is 4.86. The highest BCUT2D eigenvalue weighted by Gasteiger charge is 2.34. The van der Waals surface area contributed by atoms with Crippen LogP contribution in [0.25, 0.3) is 0 Å². The minimum Gasteiger partial charge on any atom is -0.480 e. The molecular formula is C9H16N2O3. The molecule has 1 aliphatic rings. The monoisotopic (exact) mass is 200 g/mol. The lowest BCUT2D eigenvalue weighted by Gasteiger charge is -2.18. The van der Waals surface area contributed by atoms with E-state index in [2.05, 4.69) is 5.32 Å². The summed E-state index contributed by atoms with van der Waals surface area (Å²) < 4.78 is 0. The number of carboxylic acids is 1. The van der Waals surface area contributed by atoms with E-state index in [0.29, 0.717) is 6.54 Å². The van der Waals surface area contributed by atoms with E-state index in [9.17, 15) is 9.59 Å². The number of carboxylic acid groups (broad SMARTS) is 1. The highest BCUT2D eigenvalue weighted by Crippen LogP contribution is 2.12. The lowest BCUT2D eigenvalue weighted by molar-refractivity contribution is -0.141. The second-order valence-electron chi connectivity index (χ2n) is 3.60. The van der Waals surface area contributed by atoms with Gasteiger partial charge in [0.05, 0.1) is 0 Å². The van der Waals surface area contributed by atoms with Gasteiger partial charge >= 0.3 is 12.0 Å². The van der Waals surface area contributed by atoms with Gasteiger partial charge in [-0.15, -0.1) is 0 Å². The molecule has 0 bridgehead atoms. The molecule has 5 heteroatoms. The topological polar surface area (TPSA) is 69.6 Å². The highest BCUT2D eigenvalue weighted by molar-refractivity contribution is 5.84. The van der Waals surface area contributed by atoms with Gasteiger partial charge in [-0.1, -0.05) is 13.3 Å². The lowest BCUT2D eigenvalue weighted by Crippen LogP contribution is -2.40. The van der Waals surface area contributed by atoms with E-state index in [-0.39, 0.29) is 12.1 Å². The van der Waals surface area contributed by atoms with Crippen LogP contribution in [0.2, 0.25) is 0 Å². The van der Waals surface area contributed by atoms with Crippen molar-refractivity contribution in [3.8, 4) is 0 Å². The number of carbonyl (C=O) groups is 2. The number of hydrogen-bond acceptors (Lipinski definition) is 2. The molecule has 2 N–H and O–H groups in total. The van der Waals surface area contributed by atoms with Crippen LogP contribution in [0, 0.1) is 0 Å². The van der Waals surface area contributed by atoms with Gasteiger partial charge in [0.1, 0.15) is 6.04 Å². The number of nitrogens with one attached hydrogen (secondary N) is 1. The van der Waals surface area contributed by atoms with Crippen LogP contribution in [0.3, 0.4) is 0 Å². The Labute approximate surface area is 83.1 Å². The summed E-state index contributed by atoms with van der Waals surface area (Å²) in [4.78, 5) is 23.4. The predicted octanol–water partition coefficient (Wildman–Crippen LogP) is 0.653. The molecule has 0 saturated carbocycles. The molecule has 1 saturated heterocycles. The second-order valence-corrected chi connectivity index (χ2v) is 3.60. The van der Waals surface area contributed by atoms with Gasteiger partial charge in [0.15, 0.2) is 0 Å². The molecular weight excluding hydrogens is 184 g/mol. The van der Waals surface area contributed by atoms with E-state index in [4.69, 9.17) is 5.11 Å². The molecule has 2 amide bonds. The summed E-state index contributed by atoms with van der Waals surface area (Å²) in [5, 5.41) is 11.5. The summed E-state index contributed by atoms with van der Waals surface area (Å²) in [5.74, 6) is -0.961. The van der Waals surface area contributed by atoms with Crippen molar-refractivity contribution in [2.24, 2.45) is 0 Å².